The molecular weight excluding hydrogens is 328 g/mol. The summed E-state index contributed by atoms with van der Waals surface area (Å²) >= 11 is 0. The summed E-state index contributed by atoms with van der Waals surface area (Å²) in [5.41, 5.74) is 8.68. The molecule has 2 N–H and O–H groups in total. The normalized spacial score (nSPS) is 11.0. The van der Waals surface area contributed by atoms with E-state index in [0.29, 0.717) is 11.3 Å². The van der Waals surface area contributed by atoms with Gasteiger partial charge in [-0.05, 0) is 29.9 Å². The highest BCUT2D eigenvalue weighted by Gasteiger charge is 2.10. The fraction of sp³-hybridized carbons (Fsp3) is 0.560. The van der Waals surface area contributed by atoms with Crippen molar-refractivity contribution in [2.75, 3.05) is 5.73 Å². The van der Waals surface area contributed by atoms with Gasteiger partial charge in [-0.3, -0.25) is 0 Å². The highest BCUT2D eigenvalue weighted by Crippen LogP contribution is 2.29. The zero-order valence-electron chi connectivity index (χ0n) is 17.1. The predicted molar refractivity (Wildman–Crippen MR) is 118 cm³/mol. The quantitative estimate of drug-likeness (QED) is 0.295. The molecular formula is C25H36N2. The Morgan fingerprint density at radius 3 is 1.96 bits per heavy atom. The van der Waals surface area contributed by atoms with E-state index in [1.54, 1.807) is 0 Å². The topological polar surface area (TPSA) is 49.8 Å². The molecule has 0 radical (unpaired) electrons. The van der Waals surface area contributed by atoms with Crippen molar-refractivity contribution in [3.05, 3.63) is 41.5 Å². The van der Waals surface area contributed by atoms with E-state index >= 15 is 0 Å². The van der Waals surface area contributed by atoms with Gasteiger partial charge in [-0.25, -0.2) is 0 Å². The van der Waals surface area contributed by atoms with Crippen molar-refractivity contribution in [3.8, 4) is 6.07 Å². The largest absolute Gasteiger partial charge is 0.397 e. The number of anilines is 1. The molecule has 2 aromatic rings. The van der Waals surface area contributed by atoms with E-state index in [0.717, 1.165) is 29.2 Å². The molecule has 2 aromatic carbocycles. The van der Waals surface area contributed by atoms with Crippen LogP contribution in [0.3, 0.4) is 0 Å². The maximum Gasteiger partial charge on any atom is 0.102 e. The standard InChI is InChI=1S/C25H36N2/c1-2-3-4-5-6-7-8-9-10-11-12-13-16-22-19-21-17-14-15-18-23(21)25(27)24(22)20-26/h14-15,17-19H,2-13,16,27H2,1H3. The molecule has 0 aliphatic rings. The molecule has 0 fully saturated rings. The van der Waals surface area contributed by atoms with Crippen LogP contribution >= 0.6 is 0 Å². The van der Waals surface area contributed by atoms with E-state index in [4.69, 9.17) is 5.73 Å². The molecule has 0 aliphatic carbocycles. The van der Waals surface area contributed by atoms with Crippen LogP contribution in [0, 0.1) is 11.3 Å². The van der Waals surface area contributed by atoms with Crippen molar-refractivity contribution in [3.63, 3.8) is 0 Å². The Morgan fingerprint density at radius 1 is 0.815 bits per heavy atom. The van der Waals surface area contributed by atoms with Crippen LogP contribution in [0.4, 0.5) is 5.69 Å². The van der Waals surface area contributed by atoms with E-state index in [9.17, 15) is 5.26 Å². The number of hydrogen-bond donors (Lipinski definition) is 1. The molecule has 0 atom stereocenters. The second-order valence-corrected chi connectivity index (χ2v) is 7.80. The van der Waals surface area contributed by atoms with Gasteiger partial charge in [-0.15, -0.1) is 0 Å². The smallest absolute Gasteiger partial charge is 0.102 e. The summed E-state index contributed by atoms with van der Waals surface area (Å²) < 4.78 is 0. The van der Waals surface area contributed by atoms with Crippen molar-refractivity contribution in [1.29, 1.82) is 5.26 Å². The van der Waals surface area contributed by atoms with E-state index in [1.807, 2.05) is 18.2 Å². The summed E-state index contributed by atoms with van der Waals surface area (Å²) in [5, 5.41) is 11.7. The van der Waals surface area contributed by atoms with Crippen molar-refractivity contribution in [1.82, 2.24) is 0 Å². The molecule has 0 spiro atoms. The van der Waals surface area contributed by atoms with Crippen molar-refractivity contribution in [2.45, 2.75) is 90.4 Å². The van der Waals surface area contributed by atoms with E-state index in [2.05, 4.69) is 25.1 Å². The number of nitrogens with two attached hydrogens (primary N) is 1. The van der Waals surface area contributed by atoms with Gasteiger partial charge < -0.3 is 5.73 Å². The Kier molecular flexibility index (Phi) is 9.77. The third-order valence-electron chi connectivity index (χ3n) is 5.58. The van der Waals surface area contributed by atoms with Gasteiger partial charge in [0, 0.05) is 5.39 Å². The van der Waals surface area contributed by atoms with Crippen LogP contribution in [0.5, 0.6) is 0 Å². The van der Waals surface area contributed by atoms with Gasteiger partial charge in [0.15, 0.2) is 0 Å². The minimum absolute atomic E-state index is 0.643. The van der Waals surface area contributed by atoms with Crippen LogP contribution < -0.4 is 5.73 Å². The number of aryl methyl sites for hydroxylation is 1. The molecule has 0 aliphatic heterocycles. The SMILES string of the molecule is CCCCCCCCCCCCCCc1cc2ccccc2c(N)c1C#N. The second-order valence-electron chi connectivity index (χ2n) is 7.80. The zero-order chi connectivity index (χ0) is 19.3. The Hall–Kier alpha value is -2.01. The lowest BCUT2D eigenvalue weighted by atomic mass is 9.95. The first kappa shape index (κ1) is 21.3. The Morgan fingerprint density at radius 2 is 1.37 bits per heavy atom. The van der Waals surface area contributed by atoms with Gasteiger partial charge in [0.1, 0.15) is 6.07 Å². The second kappa shape index (κ2) is 12.4. The van der Waals surface area contributed by atoms with Gasteiger partial charge in [-0.1, -0.05) is 102 Å². The summed E-state index contributed by atoms with van der Waals surface area (Å²) in [4.78, 5) is 0. The number of unbranched alkanes of at least 4 members (excludes halogenated alkanes) is 11. The van der Waals surface area contributed by atoms with Crippen molar-refractivity contribution in [2.24, 2.45) is 0 Å². The molecule has 0 heterocycles. The molecule has 2 nitrogen and oxygen atoms in total. The number of fused-ring (bicyclic) bond motifs is 1. The third-order valence-corrected chi connectivity index (χ3v) is 5.58. The molecule has 0 bridgehead atoms. The van der Waals surface area contributed by atoms with Crippen molar-refractivity contribution < 1.29 is 0 Å². The average Bonchev–Trinajstić information content (AvgIpc) is 2.69. The fourth-order valence-corrected chi connectivity index (χ4v) is 3.92. The molecule has 0 unspecified atom stereocenters. The Labute approximate surface area is 165 Å². The van der Waals surface area contributed by atoms with Crippen LogP contribution in [0.2, 0.25) is 0 Å². The maximum atomic E-state index is 9.52. The lowest BCUT2D eigenvalue weighted by Crippen LogP contribution is -1.99. The van der Waals surface area contributed by atoms with Gasteiger partial charge in [0.25, 0.3) is 0 Å². The molecule has 0 amide bonds. The van der Waals surface area contributed by atoms with E-state index in [-0.39, 0.29) is 0 Å². The van der Waals surface area contributed by atoms with Crippen LogP contribution in [-0.2, 0) is 6.42 Å². The minimum atomic E-state index is 0.643. The van der Waals surface area contributed by atoms with Crippen LogP contribution in [-0.4, -0.2) is 0 Å². The monoisotopic (exact) mass is 364 g/mol. The lowest BCUT2D eigenvalue weighted by molar-refractivity contribution is 0.544. The number of nitrogen functional groups attached to an aromatic ring is 1. The summed E-state index contributed by atoms with van der Waals surface area (Å²) in [7, 11) is 0. The van der Waals surface area contributed by atoms with Gasteiger partial charge in [0.05, 0.1) is 11.3 Å². The highest BCUT2D eigenvalue weighted by atomic mass is 14.6. The molecule has 2 rings (SSSR count). The number of hydrogen-bond acceptors (Lipinski definition) is 2. The first-order valence-electron chi connectivity index (χ1n) is 11.0. The fourth-order valence-electron chi connectivity index (χ4n) is 3.92. The van der Waals surface area contributed by atoms with Gasteiger partial charge in [-0.2, -0.15) is 5.26 Å². The zero-order valence-corrected chi connectivity index (χ0v) is 17.1. The molecule has 0 aromatic heterocycles. The first-order chi connectivity index (χ1) is 13.3. The van der Waals surface area contributed by atoms with Crippen LogP contribution in [0.15, 0.2) is 30.3 Å². The molecule has 2 heteroatoms. The van der Waals surface area contributed by atoms with Gasteiger partial charge in [0.2, 0.25) is 0 Å². The highest BCUT2D eigenvalue weighted by molar-refractivity contribution is 5.96. The maximum absolute atomic E-state index is 9.52. The minimum Gasteiger partial charge on any atom is -0.397 e. The van der Waals surface area contributed by atoms with Crippen LogP contribution in [0.25, 0.3) is 10.8 Å². The number of benzene rings is 2. The molecule has 27 heavy (non-hydrogen) atoms. The van der Waals surface area contributed by atoms with E-state index in [1.165, 1.54) is 70.6 Å². The third kappa shape index (κ3) is 6.90. The summed E-state index contributed by atoms with van der Waals surface area (Å²) in [6.45, 7) is 2.27. The summed E-state index contributed by atoms with van der Waals surface area (Å²) in [6, 6.07) is 12.6. The van der Waals surface area contributed by atoms with Crippen molar-refractivity contribution >= 4 is 16.5 Å². The Bertz CT molecular complexity index is 727. The number of rotatable bonds is 13. The summed E-state index contributed by atoms with van der Waals surface area (Å²) in [6.07, 6.45) is 17.2. The lowest BCUT2D eigenvalue weighted by Gasteiger charge is -2.10. The molecule has 0 saturated heterocycles. The molecule has 146 valence electrons. The first-order valence-corrected chi connectivity index (χ1v) is 11.0. The van der Waals surface area contributed by atoms with Crippen LogP contribution in [0.1, 0.15) is 95.1 Å². The number of nitriles is 1. The Balaban J connectivity index is 1.65. The average molecular weight is 365 g/mol. The number of nitrogens with zero attached hydrogens (tertiary/aromatic N) is 1. The van der Waals surface area contributed by atoms with Gasteiger partial charge >= 0.3 is 0 Å². The molecule has 0 saturated carbocycles. The van der Waals surface area contributed by atoms with E-state index < -0.39 is 0 Å². The predicted octanol–water partition coefficient (Wildman–Crippen LogP) is 7.54. The summed E-state index contributed by atoms with van der Waals surface area (Å²) in [5.74, 6) is 0.